The third kappa shape index (κ3) is 5.18. The molecule has 0 unspecified atom stereocenters. The van der Waals surface area contributed by atoms with Gasteiger partial charge in [-0.05, 0) is 25.5 Å². The zero-order chi connectivity index (χ0) is 9.40. The molecule has 0 heterocycles. The van der Waals surface area contributed by atoms with Crippen molar-refractivity contribution < 1.29 is 8.98 Å². The fourth-order valence-corrected chi connectivity index (χ4v) is 1.55. The van der Waals surface area contributed by atoms with Crippen LogP contribution in [0.3, 0.4) is 0 Å². The van der Waals surface area contributed by atoms with Crippen LogP contribution in [0.1, 0.15) is 6.42 Å². The van der Waals surface area contributed by atoms with Gasteiger partial charge in [0.25, 0.3) is 0 Å². The van der Waals surface area contributed by atoms with Crippen LogP contribution in [0.15, 0.2) is 0 Å². The maximum absolute atomic E-state index is 11.2. The lowest BCUT2D eigenvalue weighted by molar-refractivity contribution is -0.135. The molecular weight excluding hydrogens is 214 g/mol. The molecule has 0 bridgehead atoms. The van der Waals surface area contributed by atoms with Crippen molar-refractivity contribution in [3.8, 4) is 0 Å². The van der Waals surface area contributed by atoms with Crippen molar-refractivity contribution in [2.75, 3.05) is 19.1 Å². The molecular formula is C6H13NO2S3. The van der Waals surface area contributed by atoms with Crippen molar-refractivity contribution in [3.63, 3.8) is 0 Å². The van der Waals surface area contributed by atoms with E-state index < -0.39 is 0 Å². The maximum atomic E-state index is 11.2. The van der Waals surface area contributed by atoms with Gasteiger partial charge < -0.3 is 9.50 Å². The summed E-state index contributed by atoms with van der Waals surface area (Å²) >= 11 is 5.13. The minimum absolute atomic E-state index is 0.231. The van der Waals surface area contributed by atoms with E-state index >= 15 is 0 Å². The van der Waals surface area contributed by atoms with Crippen LogP contribution in [0.2, 0.25) is 0 Å². The molecule has 0 aliphatic heterocycles. The Morgan fingerprint density at radius 1 is 1.75 bits per heavy atom. The van der Waals surface area contributed by atoms with Crippen molar-refractivity contribution in [3.05, 3.63) is 0 Å². The molecule has 0 saturated heterocycles. The van der Waals surface area contributed by atoms with Gasteiger partial charge in [-0.25, -0.2) is 4.79 Å². The maximum Gasteiger partial charge on any atom is 0.335 e. The van der Waals surface area contributed by atoms with E-state index in [1.807, 2.05) is 6.26 Å². The summed E-state index contributed by atoms with van der Waals surface area (Å²) in [6, 6.07) is -0.234. The first-order valence-electron chi connectivity index (χ1n) is 3.45. The minimum Gasteiger partial charge on any atom is -0.378 e. The van der Waals surface area contributed by atoms with Crippen LogP contribution in [0.5, 0.6) is 0 Å². The molecule has 0 radical (unpaired) electrons. The van der Waals surface area contributed by atoms with Crippen molar-refractivity contribution >= 4 is 40.5 Å². The van der Waals surface area contributed by atoms with E-state index in [0.717, 1.165) is 11.1 Å². The molecule has 0 aromatic rings. The number of likely N-dealkylation sites (N-methyl/N-ethyl adjacent to an activating group) is 1. The summed E-state index contributed by atoms with van der Waals surface area (Å²) < 4.78 is 4.84. The molecule has 0 aliphatic rings. The average Bonchev–Trinajstić information content (AvgIpc) is 2.10. The third-order valence-electron chi connectivity index (χ3n) is 1.23. The second-order valence-electron chi connectivity index (χ2n) is 1.99. The largest absolute Gasteiger partial charge is 0.378 e. The molecule has 0 aromatic heterocycles. The van der Waals surface area contributed by atoms with Gasteiger partial charge in [-0.1, -0.05) is 10.8 Å². The van der Waals surface area contributed by atoms with Gasteiger partial charge in [0.05, 0.1) is 0 Å². The number of nitrogens with one attached hydrogen (secondary N) is 1. The SMILES string of the molecule is CN[C@@H](CCS)C(=O)OSSC. The van der Waals surface area contributed by atoms with E-state index in [-0.39, 0.29) is 12.0 Å². The van der Waals surface area contributed by atoms with Gasteiger partial charge in [0.1, 0.15) is 17.1 Å². The molecule has 0 fully saturated rings. The summed E-state index contributed by atoms with van der Waals surface area (Å²) in [4.78, 5) is 11.2. The molecule has 1 N–H and O–H groups in total. The lowest BCUT2D eigenvalue weighted by Gasteiger charge is -2.11. The smallest absolute Gasteiger partial charge is 0.335 e. The van der Waals surface area contributed by atoms with Crippen molar-refractivity contribution in [2.24, 2.45) is 0 Å². The third-order valence-corrected chi connectivity index (χ3v) is 2.47. The number of hydrogen-bond donors (Lipinski definition) is 2. The van der Waals surface area contributed by atoms with Gasteiger partial charge in [-0.3, -0.25) is 0 Å². The second-order valence-corrected chi connectivity index (χ2v) is 4.48. The lowest BCUT2D eigenvalue weighted by atomic mass is 10.2. The van der Waals surface area contributed by atoms with E-state index in [2.05, 4.69) is 17.9 Å². The van der Waals surface area contributed by atoms with Crippen LogP contribution in [0.25, 0.3) is 0 Å². The predicted octanol–water partition coefficient (Wildman–Crippen LogP) is 1.36. The van der Waals surface area contributed by atoms with Gasteiger partial charge in [-0.2, -0.15) is 12.6 Å². The number of thiol groups is 1. The van der Waals surface area contributed by atoms with Crippen LogP contribution in [0.4, 0.5) is 0 Å². The monoisotopic (exact) mass is 227 g/mol. The van der Waals surface area contributed by atoms with Crippen LogP contribution in [0, 0.1) is 0 Å². The summed E-state index contributed by atoms with van der Waals surface area (Å²) in [5.41, 5.74) is 0. The van der Waals surface area contributed by atoms with E-state index in [9.17, 15) is 4.79 Å². The molecule has 12 heavy (non-hydrogen) atoms. The Morgan fingerprint density at radius 3 is 2.83 bits per heavy atom. The Labute approximate surface area is 86.4 Å². The molecule has 0 amide bonds. The standard InChI is InChI=1S/C6H13NO2S3/c1-7-5(3-4-10)6(8)9-12-11-2/h5,7,10H,3-4H2,1-2H3/t5-/m0/s1. The van der Waals surface area contributed by atoms with E-state index in [1.165, 1.54) is 10.8 Å². The van der Waals surface area contributed by atoms with Gasteiger partial charge in [0.15, 0.2) is 0 Å². The molecule has 6 heteroatoms. The molecule has 0 aliphatic carbocycles. The van der Waals surface area contributed by atoms with E-state index in [0.29, 0.717) is 12.2 Å². The average molecular weight is 227 g/mol. The highest BCUT2D eigenvalue weighted by Crippen LogP contribution is 2.19. The summed E-state index contributed by atoms with van der Waals surface area (Å²) in [5.74, 6) is 0.441. The topological polar surface area (TPSA) is 38.3 Å². The molecule has 72 valence electrons. The van der Waals surface area contributed by atoms with E-state index in [4.69, 9.17) is 4.18 Å². The Morgan fingerprint density at radius 2 is 2.42 bits per heavy atom. The number of rotatable bonds is 6. The highest BCUT2D eigenvalue weighted by molar-refractivity contribution is 8.74. The quantitative estimate of drug-likeness (QED) is 0.407. The van der Waals surface area contributed by atoms with Crippen molar-refractivity contribution in [2.45, 2.75) is 12.5 Å². The number of carbonyl (C=O) groups is 1. The number of hydrogen-bond acceptors (Lipinski definition) is 6. The van der Waals surface area contributed by atoms with Crippen molar-refractivity contribution in [1.82, 2.24) is 5.32 Å². The first-order valence-corrected chi connectivity index (χ1v) is 6.57. The fraction of sp³-hybridized carbons (Fsp3) is 0.833. The molecule has 1 atom stereocenters. The van der Waals surface area contributed by atoms with Crippen LogP contribution >= 0.6 is 34.5 Å². The second kappa shape index (κ2) is 8.10. The van der Waals surface area contributed by atoms with Crippen LogP contribution < -0.4 is 5.32 Å². The molecule has 0 aromatic carbocycles. The van der Waals surface area contributed by atoms with Gasteiger partial charge in [-0.15, -0.1) is 0 Å². The minimum atomic E-state index is -0.234. The molecule has 3 nitrogen and oxygen atoms in total. The first-order chi connectivity index (χ1) is 5.76. The van der Waals surface area contributed by atoms with Gasteiger partial charge >= 0.3 is 5.97 Å². The predicted molar refractivity (Wildman–Crippen MR) is 58.5 cm³/mol. The number of carbonyl (C=O) groups excluding carboxylic acids is 1. The van der Waals surface area contributed by atoms with Crippen LogP contribution in [-0.2, 0) is 8.98 Å². The summed E-state index contributed by atoms with van der Waals surface area (Å²) in [6.45, 7) is 0. The Hall–Kier alpha value is 0.480. The van der Waals surface area contributed by atoms with Gasteiger partial charge in [0, 0.05) is 0 Å². The summed E-state index contributed by atoms with van der Waals surface area (Å²) in [7, 11) is 3.14. The highest BCUT2D eigenvalue weighted by Gasteiger charge is 2.16. The van der Waals surface area contributed by atoms with Crippen LogP contribution in [-0.4, -0.2) is 31.1 Å². The first kappa shape index (κ1) is 12.5. The lowest BCUT2D eigenvalue weighted by Crippen LogP contribution is -2.34. The summed E-state index contributed by atoms with van der Waals surface area (Å²) in [6.07, 6.45) is 2.54. The van der Waals surface area contributed by atoms with Crippen molar-refractivity contribution in [1.29, 1.82) is 0 Å². The zero-order valence-electron chi connectivity index (χ0n) is 7.07. The van der Waals surface area contributed by atoms with E-state index in [1.54, 1.807) is 7.05 Å². The molecule has 0 rings (SSSR count). The Kier molecular flexibility index (Phi) is 8.42. The molecule has 0 spiro atoms. The molecule has 0 saturated carbocycles. The Balaban J connectivity index is 3.69. The van der Waals surface area contributed by atoms with Gasteiger partial charge in [0.2, 0.25) is 0 Å². The zero-order valence-corrected chi connectivity index (χ0v) is 9.60. The highest BCUT2D eigenvalue weighted by atomic mass is 33.1. The Bertz CT molecular complexity index is 134. The summed E-state index contributed by atoms with van der Waals surface area (Å²) in [5, 5.41) is 2.87. The fourth-order valence-electron chi connectivity index (χ4n) is 0.635. The normalized spacial score (nSPS) is 12.6.